The third kappa shape index (κ3) is 2.85. The van der Waals surface area contributed by atoms with E-state index >= 15 is 0 Å². The molecule has 3 nitrogen and oxygen atoms in total. The van der Waals surface area contributed by atoms with Crippen molar-refractivity contribution in [3.05, 3.63) is 17.5 Å². The third-order valence-electron chi connectivity index (χ3n) is 3.69. The Morgan fingerprint density at radius 3 is 2.56 bits per heavy atom. The zero-order valence-corrected chi connectivity index (χ0v) is 11.2. The first kappa shape index (κ1) is 13.2. The number of aromatic nitrogens is 2. The zero-order valence-electron chi connectivity index (χ0n) is 11.2. The van der Waals surface area contributed by atoms with Gasteiger partial charge in [-0.05, 0) is 25.3 Å². The molecule has 0 saturated carbocycles. The van der Waals surface area contributed by atoms with Gasteiger partial charge in [0.2, 0.25) is 0 Å². The minimum absolute atomic E-state index is 0.145. The van der Waals surface area contributed by atoms with Gasteiger partial charge >= 0.3 is 0 Å². The summed E-state index contributed by atoms with van der Waals surface area (Å²) in [7, 11) is 2.00. The van der Waals surface area contributed by atoms with Gasteiger partial charge in [0.1, 0.15) is 0 Å². The van der Waals surface area contributed by atoms with Gasteiger partial charge in [-0.3, -0.25) is 4.68 Å². The van der Waals surface area contributed by atoms with E-state index in [2.05, 4.69) is 38.9 Å². The van der Waals surface area contributed by atoms with E-state index in [4.69, 9.17) is 5.73 Å². The van der Waals surface area contributed by atoms with E-state index in [0.29, 0.717) is 5.92 Å². The summed E-state index contributed by atoms with van der Waals surface area (Å²) < 4.78 is 1.96. The van der Waals surface area contributed by atoms with E-state index < -0.39 is 0 Å². The molecule has 2 N–H and O–H groups in total. The van der Waals surface area contributed by atoms with Crippen LogP contribution in [0.5, 0.6) is 0 Å². The Hall–Kier alpha value is -0.830. The molecule has 1 heterocycles. The van der Waals surface area contributed by atoms with Gasteiger partial charge in [-0.1, -0.05) is 27.2 Å². The fraction of sp³-hybridized carbons (Fsp3) is 0.769. The van der Waals surface area contributed by atoms with Crippen LogP contribution in [0.2, 0.25) is 0 Å². The number of aryl methyl sites for hydroxylation is 2. The van der Waals surface area contributed by atoms with Crippen molar-refractivity contribution < 1.29 is 0 Å². The second kappa shape index (κ2) is 5.00. The molecule has 3 heteroatoms. The van der Waals surface area contributed by atoms with Gasteiger partial charge in [0.25, 0.3) is 0 Å². The van der Waals surface area contributed by atoms with Gasteiger partial charge < -0.3 is 5.73 Å². The van der Waals surface area contributed by atoms with Gasteiger partial charge in [0, 0.05) is 24.7 Å². The average Bonchev–Trinajstić information content (AvgIpc) is 2.57. The van der Waals surface area contributed by atoms with Crippen LogP contribution in [0, 0.1) is 5.92 Å². The van der Waals surface area contributed by atoms with Crippen LogP contribution in [0.15, 0.2) is 6.07 Å². The van der Waals surface area contributed by atoms with E-state index in [1.807, 2.05) is 11.7 Å². The van der Waals surface area contributed by atoms with Crippen LogP contribution in [0.1, 0.15) is 45.5 Å². The topological polar surface area (TPSA) is 43.8 Å². The Morgan fingerprint density at radius 1 is 1.50 bits per heavy atom. The maximum absolute atomic E-state index is 6.38. The molecule has 0 aliphatic rings. The number of hydrogen-bond acceptors (Lipinski definition) is 2. The lowest BCUT2D eigenvalue weighted by Crippen LogP contribution is -2.45. The summed E-state index contributed by atoms with van der Waals surface area (Å²) in [5.74, 6) is 0.521. The molecule has 0 fully saturated rings. The van der Waals surface area contributed by atoms with E-state index in [-0.39, 0.29) is 5.54 Å². The summed E-state index contributed by atoms with van der Waals surface area (Å²) in [5, 5.41) is 4.46. The molecule has 0 aliphatic carbocycles. The number of rotatable bonds is 5. The van der Waals surface area contributed by atoms with Crippen molar-refractivity contribution in [2.75, 3.05) is 0 Å². The molecule has 92 valence electrons. The normalized spacial score (nSPS) is 17.1. The molecule has 0 aromatic carbocycles. The first-order valence-corrected chi connectivity index (χ1v) is 6.21. The van der Waals surface area contributed by atoms with Crippen LogP contribution in [0.3, 0.4) is 0 Å². The molecule has 0 amide bonds. The molecule has 16 heavy (non-hydrogen) atoms. The Bertz CT molecular complexity index is 339. The minimum Gasteiger partial charge on any atom is -0.325 e. The molecule has 2 atom stereocenters. The Labute approximate surface area is 99.0 Å². The van der Waals surface area contributed by atoms with Gasteiger partial charge in [-0.15, -0.1) is 0 Å². The van der Waals surface area contributed by atoms with Crippen LogP contribution in [-0.2, 0) is 19.9 Å². The average molecular weight is 223 g/mol. The summed E-state index contributed by atoms with van der Waals surface area (Å²) in [6, 6.07) is 2.17. The monoisotopic (exact) mass is 223 g/mol. The van der Waals surface area contributed by atoms with Crippen LogP contribution < -0.4 is 5.73 Å². The number of hydrogen-bond donors (Lipinski definition) is 1. The van der Waals surface area contributed by atoms with Crippen molar-refractivity contribution in [1.82, 2.24) is 9.78 Å². The smallest absolute Gasteiger partial charge is 0.0624 e. The molecule has 1 aromatic heterocycles. The highest BCUT2D eigenvalue weighted by Gasteiger charge is 2.26. The SMILES string of the molecule is CCc1cc(CC(C)(N)C(C)CC)n(C)n1. The first-order valence-electron chi connectivity index (χ1n) is 6.21. The third-order valence-corrected chi connectivity index (χ3v) is 3.69. The zero-order chi connectivity index (χ0) is 12.3. The Morgan fingerprint density at radius 2 is 2.12 bits per heavy atom. The molecule has 0 saturated heterocycles. The van der Waals surface area contributed by atoms with Crippen LogP contribution in [0.4, 0.5) is 0 Å². The second-order valence-electron chi connectivity index (χ2n) is 5.10. The number of nitrogens with two attached hydrogens (primary N) is 1. The summed E-state index contributed by atoms with van der Waals surface area (Å²) >= 11 is 0. The van der Waals surface area contributed by atoms with E-state index in [9.17, 15) is 0 Å². The molecule has 0 spiro atoms. The number of nitrogens with zero attached hydrogens (tertiary/aromatic N) is 2. The van der Waals surface area contributed by atoms with Crippen molar-refractivity contribution in [3.63, 3.8) is 0 Å². The quantitative estimate of drug-likeness (QED) is 0.832. The summed E-state index contributed by atoms with van der Waals surface area (Å²) in [4.78, 5) is 0. The lowest BCUT2D eigenvalue weighted by molar-refractivity contribution is 0.301. The predicted octanol–water partition coefficient (Wildman–Crippen LogP) is 2.29. The van der Waals surface area contributed by atoms with Crippen molar-refractivity contribution in [1.29, 1.82) is 0 Å². The summed E-state index contributed by atoms with van der Waals surface area (Å²) in [6.07, 6.45) is 3.00. The van der Waals surface area contributed by atoms with Crippen LogP contribution in [-0.4, -0.2) is 15.3 Å². The lowest BCUT2D eigenvalue weighted by atomic mass is 9.82. The molecule has 0 radical (unpaired) electrons. The summed E-state index contributed by atoms with van der Waals surface area (Å²) in [5.41, 5.74) is 8.62. The minimum atomic E-state index is -0.145. The highest BCUT2D eigenvalue weighted by Crippen LogP contribution is 2.22. The molecule has 1 aromatic rings. The molecule has 0 aliphatic heterocycles. The van der Waals surface area contributed by atoms with Crippen molar-refractivity contribution in [2.45, 2.75) is 52.5 Å². The van der Waals surface area contributed by atoms with Gasteiger partial charge in [-0.25, -0.2) is 0 Å². The highest BCUT2D eigenvalue weighted by atomic mass is 15.3. The van der Waals surface area contributed by atoms with Crippen molar-refractivity contribution >= 4 is 0 Å². The van der Waals surface area contributed by atoms with Crippen molar-refractivity contribution in [3.8, 4) is 0 Å². The largest absolute Gasteiger partial charge is 0.325 e. The fourth-order valence-electron chi connectivity index (χ4n) is 1.94. The Balaban J connectivity index is 2.82. The van der Waals surface area contributed by atoms with E-state index in [1.54, 1.807) is 0 Å². The predicted molar refractivity (Wildman–Crippen MR) is 68.3 cm³/mol. The van der Waals surface area contributed by atoms with Gasteiger partial charge in [-0.2, -0.15) is 5.10 Å². The van der Waals surface area contributed by atoms with Gasteiger partial charge in [0.05, 0.1) is 5.69 Å². The summed E-state index contributed by atoms with van der Waals surface area (Å²) in [6.45, 7) is 8.68. The molecule has 2 unspecified atom stereocenters. The first-order chi connectivity index (χ1) is 7.40. The van der Waals surface area contributed by atoms with Crippen LogP contribution >= 0.6 is 0 Å². The van der Waals surface area contributed by atoms with Crippen LogP contribution in [0.25, 0.3) is 0 Å². The highest BCUT2D eigenvalue weighted by molar-refractivity contribution is 5.13. The maximum Gasteiger partial charge on any atom is 0.0624 e. The van der Waals surface area contributed by atoms with E-state index in [1.165, 1.54) is 5.69 Å². The molecule has 1 rings (SSSR count). The molecular formula is C13H25N3. The maximum atomic E-state index is 6.38. The molecular weight excluding hydrogens is 198 g/mol. The van der Waals surface area contributed by atoms with Crippen molar-refractivity contribution in [2.24, 2.45) is 18.7 Å². The van der Waals surface area contributed by atoms with E-state index in [0.717, 1.165) is 25.0 Å². The van der Waals surface area contributed by atoms with Gasteiger partial charge in [0.15, 0.2) is 0 Å². The lowest BCUT2D eigenvalue weighted by Gasteiger charge is -2.31. The standard InChI is InChI=1S/C13H25N3/c1-6-10(3)13(4,14)9-12-8-11(7-2)15-16(12)5/h8,10H,6-7,9,14H2,1-5H3. The second-order valence-corrected chi connectivity index (χ2v) is 5.10. The Kier molecular flexibility index (Phi) is 4.14. The fourth-order valence-corrected chi connectivity index (χ4v) is 1.94. The molecule has 0 bridgehead atoms.